The maximum absolute atomic E-state index is 6.07. The Morgan fingerprint density at radius 2 is 1.62 bits per heavy atom. The molecule has 0 saturated carbocycles. The molecule has 0 aliphatic carbocycles. The zero-order valence-electron chi connectivity index (χ0n) is 11.2. The van der Waals surface area contributed by atoms with Crippen LogP contribution < -0.4 is 9.80 Å². The van der Waals surface area contributed by atoms with Crippen molar-refractivity contribution in [2.75, 3.05) is 36.0 Å². The van der Waals surface area contributed by atoms with E-state index in [2.05, 4.69) is 26.9 Å². The van der Waals surface area contributed by atoms with Crippen LogP contribution in [0.15, 0.2) is 24.3 Å². The zero-order chi connectivity index (χ0) is 14.8. The van der Waals surface area contributed by atoms with Gasteiger partial charge >= 0.3 is 0 Å². The monoisotopic (exact) mass is 361 g/mol. The highest BCUT2D eigenvalue weighted by Crippen LogP contribution is 2.31. The number of piperazine rings is 1. The zero-order valence-corrected chi connectivity index (χ0v) is 14.3. The van der Waals surface area contributed by atoms with E-state index in [0.29, 0.717) is 11.0 Å². The van der Waals surface area contributed by atoms with Gasteiger partial charge in [-0.2, -0.15) is 0 Å². The number of anilines is 2. The lowest BCUT2D eigenvalue weighted by molar-refractivity contribution is 0.652. The summed E-state index contributed by atoms with van der Waals surface area (Å²) in [5.41, 5.74) is 1.21. The van der Waals surface area contributed by atoms with Crippen LogP contribution in [0.25, 0.3) is 0 Å². The molecule has 3 rings (SSSR count). The van der Waals surface area contributed by atoms with Crippen molar-refractivity contribution in [3.63, 3.8) is 0 Å². The van der Waals surface area contributed by atoms with Crippen molar-refractivity contribution in [2.24, 2.45) is 0 Å². The van der Waals surface area contributed by atoms with Gasteiger partial charge in [-0.3, -0.25) is 0 Å². The van der Waals surface area contributed by atoms with Crippen LogP contribution >= 0.6 is 46.1 Å². The van der Waals surface area contributed by atoms with Crippen molar-refractivity contribution < 1.29 is 0 Å². The van der Waals surface area contributed by atoms with E-state index in [1.807, 2.05) is 12.1 Å². The molecule has 21 heavy (non-hydrogen) atoms. The third-order valence-electron chi connectivity index (χ3n) is 3.50. The average Bonchev–Trinajstić information content (AvgIpc) is 2.89. The van der Waals surface area contributed by atoms with Gasteiger partial charge in [0.15, 0.2) is 5.13 Å². The Morgan fingerprint density at radius 1 is 1.00 bits per heavy atom. The highest BCUT2D eigenvalue weighted by Gasteiger charge is 2.21. The summed E-state index contributed by atoms with van der Waals surface area (Å²) < 4.78 is 0. The number of benzene rings is 1. The molecule has 0 atom stereocenters. The molecule has 1 aliphatic rings. The van der Waals surface area contributed by atoms with Crippen molar-refractivity contribution >= 4 is 57.0 Å². The minimum Gasteiger partial charge on any atom is -0.368 e. The van der Waals surface area contributed by atoms with E-state index in [-0.39, 0.29) is 0 Å². The Morgan fingerprint density at radius 3 is 2.19 bits per heavy atom. The molecule has 112 valence electrons. The van der Waals surface area contributed by atoms with Crippen LogP contribution in [-0.2, 0) is 5.88 Å². The third-order valence-corrected chi connectivity index (χ3v) is 5.72. The molecule has 1 aliphatic heterocycles. The van der Waals surface area contributed by atoms with Crippen molar-refractivity contribution in [3.8, 4) is 0 Å². The van der Waals surface area contributed by atoms with Crippen LogP contribution in [0.5, 0.6) is 0 Å². The van der Waals surface area contributed by atoms with E-state index < -0.39 is 0 Å². The van der Waals surface area contributed by atoms with Crippen LogP contribution in [0.3, 0.4) is 0 Å². The molecule has 0 N–H and O–H groups in total. The fourth-order valence-corrected chi connectivity index (χ4v) is 4.00. The van der Waals surface area contributed by atoms with Gasteiger partial charge in [0.1, 0.15) is 5.15 Å². The first-order valence-corrected chi connectivity index (χ1v) is 8.74. The quantitative estimate of drug-likeness (QED) is 0.749. The molecule has 0 amide bonds. The van der Waals surface area contributed by atoms with Gasteiger partial charge in [-0.05, 0) is 24.3 Å². The maximum Gasteiger partial charge on any atom is 0.187 e. The molecule has 1 aromatic carbocycles. The predicted molar refractivity (Wildman–Crippen MR) is 92.6 cm³/mol. The second-order valence-electron chi connectivity index (χ2n) is 4.79. The summed E-state index contributed by atoms with van der Waals surface area (Å²) in [7, 11) is 0. The lowest BCUT2D eigenvalue weighted by atomic mass is 10.2. The second kappa shape index (κ2) is 6.61. The topological polar surface area (TPSA) is 19.4 Å². The summed E-state index contributed by atoms with van der Waals surface area (Å²) in [6.07, 6.45) is 0. The smallest absolute Gasteiger partial charge is 0.187 e. The van der Waals surface area contributed by atoms with E-state index in [4.69, 9.17) is 34.8 Å². The van der Waals surface area contributed by atoms with Crippen molar-refractivity contribution in [1.29, 1.82) is 0 Å². The molecule has 7 heteroatoms. The van der Waals surface area contributed by atoms with Gasteiger partial charge in [0.05, 0.1) is 10.8 Å². The number of aromatic nitrogens is 1. The van der Waals surface area contributed by atoms with Crippen LogP contribution in [0.2, 0.25) is 10.2 Å². The summed E-state index contributed by atoms with van der Waals surface area (Å²) in [6.45, 7) is 3.76. The molecular weight excluding hydrogens is 349 g/mol. The Hall–Kier alpha value is -0.680. The maximum atomic E-state index is 6.07. The van der Waals surface area contributed by atoms with Crippen LogP contribution in [0.1, 0.15) is 4.88 Å². The molecule has 2 heterocycles. The normalized spacial score (nSPS) is 15.6. The molecule has 0 radical (unpaired) electrons. The number of rotatable bonds is 3. The summed E-state index contributed by atoms with van der Waals surface area (Å²) >= 11 is 19.4. The highest BCUT2D eigenvalue weighted by atomic mass is 35.5. The van der Waals surface area contributed by atoms with Crippen molar-refractivity contribution in [3.05, 3.63) is 39.3 Å². The summed E-state index contributed by atoms with van der Waals surface area (Å²) in [5, 5.41) is 2.26. The first-order chi connectivity index (χ1) is 10.2. The molecule has 0 bridgehead atoms. The van der Waals surface area contributed by atoms with Crippen molar-refractivity contribution in [1.82, 2.24) is 4.98 Å². The average molecular weight is 363 g/mol. The molecule has 3 nitrogen and oxygen atoms in total. The number of hydrogen-bond donors (Lipinski definition) is 0. The first-order valence-electron chi connectivity index (χ1n) is 6.64. The van der Waals surface area contributed by atoms with E-state index >= 15 is 0 Å². The largest absolute Gasteiger partial charge is 0.368 e. The fourth-order valence-electron chi connectivity index (χ4n) is 2.35. The van der Waals surface area contributed by atoms with Gasteiger partial charge in [0, 0.05) is 36.9 Å². The molecular formula is C14H14Cl3N3S. The minimum atomic E-state index is 0.418. The third kappa shape index (κ3) is 3.39. The van der Waals surface area contributed by atoms with Gasteiger partial charge < -0.3 is 9.80 Å². The Bertz CT molecular complexity index is 606. The summed E-state index contributed by atoms with van der Waals surface area (Å²) in [5.74, 6) is 0.418. The standard InChI is InChI=1S/C14H14Cl3N3S/c15-9-12-13(17)18-14(21-12)20-7-5-19(6-8-20)11-3-1-10(16)2-4-11/h1-4H,5-9H2. The summed E-state index contributed by atoms with van der Waals surface area (Å²) in [4.78, 5) is 9.96. The lowest BCUT2D eigenvalue weighted by Gasteiger charge is -2.36. The van der Waals surface area contributed by atoms with Crippen molar-refractivity contribution in [2.45, 2.75) is 5.88 Å². The molecule has 1 aromatic heterocycles. The predicted octanol–water partition coefficient (Wildman–Crippen LogP) is 4.52. The SMILES string of the molecule is ClCc1sc(N2CCN(c3ccc(Cl)cc3)CC2)nc1Cl. The molecule has 1 fully saturated rings. The fraction of sp³-hybridized carbons (Fsp3) is 0.357. The van der Waals surface area contributed by atoms with Gasteiger partial charge in [-0.25, -0.2) is 4.98 Å². The Balaban J connectivity index is 1.65. The van der Waals surface area contributed by atoms with E-state index in [1.165, 1.54) is 5.69 Å². The highest BCUT2D eigenvalue weighted by molar-refractivity contribution is 7.16. The lowest BCUT2D eigenvalue weighted by Crippen LogP contribution is -2.46. The van der Waals surface area contributed by atoms with E-state index in [1.54, 1.807) is 11.3 Å². The van der Waals surface area contributed by atoms with Gasteiger partial charge in [0.2, 0.25) is 0 Å². The number of alkyl halides is 1. The van der Waals surface area contributed by atoms with Crippen LogP contribution in [0, 0.1) is 0 Å². The van der Waals surface area contributed by atoms with Crippen LogP contribution in [0.4, 0.5) is 10.8 Å². The molecule has 2 aromatic rings. The number of thiazole rings is 1. The second-order valence-corrected chi connectivity index (χ2v) is 6.92. The van der Waals surface area contributed by atoms with Crippen LogP contribution in [-0.4, -0.2) is 31.2 Å². The Kier molecular flexibility index (Phi) is 4.79. The molecule has 0 spiro atoms. The molecule has 1 saturated heterocycles. The summed E-state index contributed by atoms with van der Waals surface area (Å²) in [6, 6.07) is 7.97. The Labute approximate surface area is 143 Å². The first kappa shape index (κ1) is 15.2. The number of nitrogens with zero attached hydrogens (tertiary/aromatic N) is 3. The van der Waals surface area contributed by atoms with E-state index in [9.17, 15) is 0 Å². The number of hydrogen-bond acceptors (Lipinski definition) is 4. The van der Waals surface area contributed by atoms with Gasteiger partial charge in [-0.15, -0.1) is 11.6 Å². The van der Waals surface area contributed by atoms with Gasteiger partial charge in [0.25, 0.3) is 0 Å². The van der Waals surface area contributed by atoms with Gasteiger partial charge in [-0.1, -0.05) is 34.5 Å². The number of halogens is 3. The molecule has 0 unspecified atom stereocenters. The minimum absolute atomic E-state index is 0.418. The van der Waals surface area contributed by atoms with E-state index in [0.717, 1.165) is 41.2 Å².